The van der Waals surface area contributed by atoms with Crippen LogP contribution in [-0.2, 0) is 12.7 Å². The van der Waals surface area contributed by atoms with E-state index in [9.17, 15) is 18.3 Å². The fourth-order valence-electron chi connectivity index (χ4n) is 3.76. The van der Waals surface area contributed by atoms with E-state index < -0.39 is 11.7 Å². The molecule has 1 aliphatic rings. The van der Waals surface area contributed by atoms with Crippen LogP contribution in [0.3, 0.4) is 0 Å². The van der Waals surface area contributed by atoms with E-state index in [1.54, 1.807) is 18.2 Å². The molecule has 5 nitrogen and oxygen atoms in total. The molecular formula is C22H22ClF3N4O. The van der Waals surface area contributed by atoms with Gasteiger partial charge in [-0.05, 0) is 56.1 Å². The first-order valence-electron chi connectivity index (χ1n) is 10.0. The zero-order valence-corrected chi connectivity index (χ0v) is 17.6. The maximum atomic E-state index is 13.0. The van der Waals surface area contributed by atoms with Crippen molar-refractivity contribution in [1.29, 1.82) is 0 Å². The van der Waals surface area contributed by atoms with Gasteiger partial charge in [0, 0.05) is 29.5 Å². The summed E-state index contributed by atoms with van der Waals surface area (Å²) in [6.07, 6.45) is -0.111. The molecule has 164 valence electrons. The van der Waals surface area contributed by atoms with Crippen molar-refractivity contribution in [3.8, 4) is 5.75 Å². The van der Waals surface area contributed by atoms with Gasteiger partial charge < -0.3 is 10.4 Å². The Morgan fingerprint density at radius 3 is 2.61 bits per heavy atom. The van der Waals surface area contributed by atoms with E-state index in [-0.39, 0.29) is 16.8 Å². The number of hydrogen-bond donors (Lipinski definition) is 2. The fourth-order valence-corrected chi connectivity index (χ4v) is 4.00. The van der Waals surface area contributed by atoms with Gasteiger partial charge in [0.1, 0.15) is 11.3 Å². The number of benzene rings is 1. The van der Waals surface area contributed by atoms with E-state index in [4.69, 9.17) is 11.6 Å². The molecule has 0 bridgehead atoms. The second-order valence-electron chi connectivity index (χ2n) is 7.99. The zero-order chi connectivity index (χ0) is 22.2. The average molecular weight is 451 g/mol. The molecule has 0 atom stereocenters. The number of halogens is 4. The summed E-state index contributed by atoms with van der Waals surface area (Å²) >= 11 is 6.30. The smallest absolute Gasteiger partial charge is 0.417 e. The minimum Gasteiger partial charge on any atom is -0.505 e. The molecule has 2 aromatic heterocycles. The van der Waals surface area contributed by atoms with Crippen LogP contribution in [0.25, 0.3) is 11.0 Å². The molecule has 1 saturated heterocycles. The number of likely N-dealkylation sites (tertiary alicyclic amines) is 1. The molecule has 0 spiro atoms. The number of nitrogens with zero attached hydrogens (tertiary/aromatic N) is 3. The highest BCUT2D eigenvalue weighted by Gasteiger charge is 2.31. The van der Waals surface area contributed by atoms with Crippen LogP contribution in [0.15, 0.2) is 36.7 Å². The van der Waals surface area contributed by atoms with Crippen molar-refractivity contribution in [1.82, 2.24) is 14.9 Å². The average Bonchev–Trinajstić information content (AvgIpc) is 2.72. The fraction of sp³-hybridized carbons (Fsp3) is 0.364. The number of phenolic OH excluding ortho intramolecular Hbond substituents is 1. The number of aromatic hydroxyl groups is 1. The Hall–Kier alpha value is -2.58. The summed E-state index contributed by atoms with van der Waals surface area (Å²) in [5.74, 6) is 0.756. The third-order valence-electron chi connectivity index (χ3n) is 5.60. The molecule has 31 heavy (non-hydrogen) atoms. The number of aromatic nitrogens is 2. The van der Waals surface area contributed by atoms with Crippen molar-refractivity contribution in [3.05, 3.63) is 52.8 Å². The van der Waals surface area contributed by atoms with Gasteiger partial charge in [0.2, 0.25) is 0 Å². The quantitative estimate of drug-likeness (QED) is 0.478. The summed E-state index contributed by atoms with van der Waals surface area (Å²) in [4.78, 5) is 10.2. The van der Waals surface area contributed by atoms with Crippen LogP contribution in [0, 0.1) is 5.92 Å². The molecular weight excluding hydrogens is 429 g/mol. The van der Waals surface area contributed by atoms with Crippen molar-refractivity contribution in [2.24, 2.45) is 5.92 Å². The Morgan fingerprint density at radius 2 is 1.90 bits per heavy atom. The van der Waals surface area contributed by atoms with Crippen LogP contribution in [0.4, 0.5) is 24.5 Å². The number of pyridine rings is 2. The first kappa shape index (κ1) is 21.6. The van der Waals surface area contributed by atoms with Gasteiger partial charge in [-0.25, -0.2) is 0 Å². The third-order valence-corrected chi connectivity index (χ3v) is 5.82. The van der Waals surface area contributed by atoms with Crippen LogP contribution in [0.5, 0.6) is 5.75 Å². The summed E-state index contributed by atoms with van der Waals surface area (Å²) in [6.45, 7) is 4.71. The Morgan fingerprint density at radius 1 is 1.16 bits per heavy atom. The largest absolute Gasteiger partial charge is 0.505 e. The van der Waals surface area contributed by atoms with E-state index in [1.807, 2.05) is 0 Å². The lowest BCUT2D eigenvalue weighted by Gasteiger charge is -2.30. The van der Waals surface area contributed by atoms with Crippen LogP contribution in [0.1, 0.15) is 30.9 Å². The molecule has 0 unspecified atom stereocenters. The summed E-state index contributed by atoms with van der Waals surface area (Å²) < 4.78 is 39.0. The first-order valence-corrected chi connectivity index (χ1v) is 10.4. The standard InChI is InChI=1S/C22H22ClF3N4O/c1-13-3-6-30(7-4-13)12-14-8-16(23)10-19(21(14)31)29-17-2-5-27-18-9-15(22(24,25)26)11-28-20(17)18/h2,5,8-11,13,31H,3-4,6-7,12H2,1H3,(H,27,29). The number of piperidine rings is 1. The molecule has 4 rings (SSSR count). The summed E-state index contributed by atoms with van der Waals surface area (Å²) in [5, 5.41) is 14.4. The van der Waals surface area contributed by atoms with Gasteiger partial charge in [-0.15, -0.1) is 0 Å². The van der Waals surface area contributed by atoms with Gasteiger partial charge in [-0.2, -0.15) is 13.2 Å². The normalized spacial score (nSPS) is 16.0. The highest BCUT2D eigenvalue weighted by Crippen LogP contribution is 2.37. The molecule has 2 N–H and O–H groups in total. The molecule has 3 aromatic rings. The highest BCUT2D eigenvalue weighted by molar-refractivity contribution is 6.31. The van der Waals surface area contributed by atoms with E-state index in [2.05, 4.69) is 27.1 Å². The Labute approximate surface area is 182 Å². The van der Waals surface area contributed by atoms with Crippen molar-refractivity contribution in [2.45, 2.75) is 32.5 Å². The minimum absolute atomic E-state index is 0.0555. The van der Waals surface area contributed by atoms with Crippen molar-refractivity contribution in [2.75, 3.05) is 18.4 Å². The van der Waals surface area contributed by atoms with Gasteiger partial charge in [-0.1, -0.05) is 18.5 Å². The number of fused-ring (bicyclic) bond motifs is 1. The third kappa shape index (κ3) is 4.85. The second kappa shape index (κ2) is 8.51. The van der Waals surface area contributed by atoms with Crippen molar-refractivity contribution in [3.63, 3.8) is 0 Å². The first-order chi connectivity index (χ1) is 14.7. The predicted molar refractivity (Wildman–Crippen MR) is 115 cm³/mol. The molecule has 1 fully saturated rings. The van der Waals surface area contributed by atoms with Gasteiger partial charge in [0.25, 0.3) is 0 Å². The monoisotopic (exact) mass is 450 g/mol. The summed E-state index contributed by atoms with van der Waals surface area (Å²) in [6, 6.07) is 5.86. The topological polar surface area (TPSA) is 61.3 Å². The number of anilines is 2. The van der Waals surface area contributed by atoms with E-state index in [1.165, 1.54) is 6.20 Å². The van der Waals surface area contributed by atoms with E-state index >= 15 is 0 Å². The predicted octanol–water partition coefficient (Wildman–Crippen LogP) is 5.98. The number of phenols is 1. The Balaban J connectivity index is 1.63. The molecule has 0 saturated carbocycles. The zero-order valence-electron chi connectivity index (χ0n) is 16.9. The van der Waals surface area contributed by atoms with Crippen LogP contribution >= 0.6 is 11.6 Å². The molecule has 3 heterocycles. The minimum atomic E-state index is -4.50. The molecule has 1 aromatic carbocycles. The van der Waals surface area contributed by atoms with Gasteiger partial charge >= 0.3 is 6.18 Å². The lowest BCUT2D eigenvalue weighted by molar-refractivity contribution is -0.137. The van der Waals surface area contributed by atoms with Gasteiger partial charge in [-0.3, -0.25) is 14.9 Å². The van der Waals surface area contributed by atoms with E-state index in [0.29, 0.717) is 34.4 Å². The number of alkyl halides is 3. The Bertz CT molecular complexity index is 1100. The number of rotatable bonds is 4. The lowest BCUT2D eigenvalue weighted by atomic mass is 9.98. The van der Waals surface area contributed by atoms with E-state index in [0.717, 1.165) is 38.2 Å². The second-order valence-corrected chi connectivity index (χ2v) is 8.43. The highest BCUT2D eigenvalue weighted by atomic mass is 35.5. The number of nitrogens with one attached hydrogen (secondary N) is 1. The summed E-state index contributed by atoms with van der Waals surface area (Å²) in [5.41, 5.74) is 0.977. The molecule has 0 amide bonds. The van der Waals surface area contributed by atoms with Gasteiger partial charge in [0.15, 0.2) is 0 Å². The van der Waals surface area contributed by atoms with Crippen LogP contribution in [0.2, 0.25) is 5.02 Å². The molecule has 0 radical (unpaired) electrons. The summed E-state index contributed by atoms with van der Waals surface area (Å²) in [7, 11) is 0. The SMILES string of the molecule is CC1CCN(Cc2cc(Cl)cc(Nc3ccnc4cc(C(F)(F)F)cnc34)c2O)CC1. The van der Waals surface area contributed by atoms with Crippen molar-refractivity contribution >= 4 is 34.0 Å². The molecule has 1 aliphatic heterocycles. The molecule has 0 aliphatic carbocycles. The number of hydrogen-bond acceptors (Lipinski definition) is 5. The maximum Gasteiger partial charge on any atom is 0.417 e. The lowest BCUT2D eigenvalue weighted by Crippen LogP contribution is -2.32. The van der Waals surface area contributed by atoms with Crippen LogP contribution < -0.4 is 5.32 Å². The van der Waals surface area contributed by atoms with Crippen LogP contribution in [-0.4, -0.2) is 33.1 Å². The Kier molecular flexibility index (Phi) is 5.94. The maximum absolute atomic E-state index is 13.0. The van der Waals surface area contributed by atoms with Crippen molar-refractivity contribution < 1.29 is 18.3 Å². The molecule has 9 heteroatoms. The van der Waals surface area contributed by atoms with Gasteiger partial charge in [0.05, 0.1) is 22.5 Å².